The van der Waals surface area contributed by atoms with Crippen molar-refractivity contribution in [3.8, 4) is 0 Å². The molecule has 1 N–H and O–H groups in total. The van der Waals surface area contributed by atoms with Crippen LogP contribution < -0.4 is 5.32 Å². The second-order valence-corrected chi connectivity index (χ2v) is 3.07. The first-order chi connectivity index (χ1) is 4.86. The Hall–Kier alpha value is -0.0800. The normalized spacial score (nSPS) is 33.0. The van der Waals surface area contributed by atoms with E-state index < -0.39 is 0 Å². The number of ether oxygens (including phenoxy) is 1. The summed E-state index contributed by atoms with van der Waals surface area (Å²) in [5.74, 6) is 0.759. The van der Waals surface area contributed by atoms with Crippen molar-refractivity contribution in [2.24, 2.45) is 5.92 Å². The predicted molar refractivity (Wildman–Crippen MR) is 42.1 cm³/mol. The van der Waals surface area contributed by atoms with Crippen LogP contribution in [0.2, 0.25) is 0 Å². The molecule has 1 aliphatic rings. The van der Waals surface area contributed by atoms with Crippen LogP contribution in [0.1, 0.15) is 19.8 Å². The Morgan fingerprint density at radius 1 is 1.60 bits per heavy atom. The van der Waals surface area contributed by atoms with Gasteiger partial charge in [0.05, 0.1) is 6.61 Å². The van der Waals surface area contributed by atoms with Gasteiger partial charge in [-0.2, -0.15) is 0 Å². The quantitative estimate of drug-likeness (QED) is 0.637. The number of hydrogen-bond acceptors (Lipinski definition) is 2. The van der Waals surface area contributed by atoms with Gasteiger partial charge in [0.25, 0.3) is 0 Å². The summed E-state index contributed by atoms with van der Waals surface area (Å²) in [5, 5.41) is 3.46. The fourth-order valence-corrected chi connectivity index (χ4v) is 1.58. The van der Waals surface area contributed by atoms with Crippen molar-refractivity contribution in [2.45, 2.75) is 25.8 Å². The lowest BCUT2D eigenvalue weighted by Crippen LogP contribution is -2.19. The molecule has 0 aliphatic carbocycles. The minimum atomic E-state index is 0.750. The third-order valence-corrected chi connectivity index (χ3v) is 2.21. The van der Waals surface area contributed by atoms with E-state index in [4.69, 9.17) is 4.74 Å². The van der Waals surface area contributed by atoms with Crippen LogP contribution in [0.5, 0.6) is 0 Å². The van der Waals surface area contributed by atoms with Crippen LogP contribution in [0.3, 0.4) is 0 Å². The fraction of sp³-hybridized carbons (Fsp3) is 1.00. The van der Waals surface area contributed by atoms with Gasteiger partial charge in [-0.05, 0) is 18.8 Å². The topological polar surface area (TPSA) is 21.3 Å². The summed E-state index contributed by atoms with van der Waals surface area (Å²) in [5.41, 5.74) is 0. The Morgan fingerprint density at radius 3 is 2.90 bits per heavy atom. The molecule has 2 heteroatoms. The van der Waals surface area contributed by atoms with E-state index in [1.165, 1.54) is 12.8 Å². The van der Waals surface area contributed by atoms with Crippen LogP contribution >= 0.6 is 0 Å². The number of rotatable bonds is 3. The maximum atomic E-state index is 5.08. The van der Waals surface area contributed by atoms with Crippen molar-refractivity contribution in [1.29, 1.82) is 0 Å². The molecule has 10 heavy (non-hydrogen) atoms. The van der Waals surface area contributed by atoms with Gasteiger partial charge in [-0.25, -0.2) is 0 Å². The molecule has 2 atom stereocenters. The van der Waals surface area contributed by atoms with Gasteiger partial charge in [0.15, 0.2) is 0 Å². The molecule has 1 saturated heterocycles. The first kappa shape index (κ1) is 8.02. The van der Waals surface area contributed by atoms with Crippen molar-refractivity contribution in [3.63, 3.8) is 0 Å². The molecule has 1 fully saturated rings. The van der Waals surface area contributed by atoms with E-state index >= 15 is 0 Å². The van der Waals surface area contributed by atoms with Gasteiger partial charge < -0.3 is 10.1 Å². The molecular weight excluding hydrogens is 126 g/mol. The molecule has 0 amide bonds. The minimum Gasteiger partial charge on any atom is -0.384 e. The molecule has 0 bridgehead atoms. The van der Waals surface area contributed by atoms with E-state index in [0.29, 0.717) is 0 Å². The Morgan fingerprint density at radius 2 is 2.40 bits per heavy atom. The Bertz CT molecular complexity index is 95.3. The lowest BCUT2D eigenvalue weighted by Gasteiger charge is -2.06. The third-order valence-electron chi connectivity index (χ3n) is 2.21. The highest BCUT2D eigenvalue weighted by Crippen LogP contribution is 2.15. The van der Waals surface area contributed by atoms with E-state index in [-0.39, 0.29) is 0 Å². The zero-order chi connectivity index (χ0) is 7.40. The van der Waals surface area contributed by atoms with Crippen LogP contribution in [0.25, 0.3) is 0 Å². The Balaban J connectivity index is 2.15. The molecule has 1 aliphatic heterocycles. The summed E-state index contributed by atoms with van der Waals surface area (Å²) in [6.45, 7) is 4.29. The maximum Gasteiger partial charge on any atom is 0.0503 e. The van der Waals surface area contributed by atoms with Crippen molar-refractivity contribution in [1.82, 2.24) is 5.32 Å². The summed E-state index contributed by atoms with van der Waals surface area (Å²) in [4.78, 5) is 0. The molecule has 0 aromatic carbocycles. The van der Waals surface area contributed by atoms with Gasteiger partial charge in [-0.15, -0.1) is 0 Å². The molecule has 1 heterocycles. The van der Waals surface area contributed by atoms with Gasteiger partial charge in [0.1, 0.15) is 0 Å². The number of nitrogens with one attached hydrogen (secondary N) is 1. The average Bonchev–Trinajstić information content (AvgIpc) is 2.37. The van der Waals surface area contributed by atoms with E-state index in [1.807, 2.05) is 0 Å². The zero-order valence-electron chi connectivity index (χ0n) is 6.89. The highest BCUT2D eigenvalue weighted by Gasteiger charge is 2.21. The molecule has 0 radical (unpaired) electrons. The fourth-order valence-electron chi connectivity index (χ4n) is 1.58. The van der Waals surface area contributed by atoms with E-state index in [2.05, 4.69) is 12.2 Å². The highest BCUT2D eigenvalue weighted by molar-refractivity contribution is 4.79. The molecule has 60 valence electrons. The zero-order valence-corrected chi connectivity index (χ0v) is 6.89. The monoisotopic (exact) mass is 143 g/mol. The van der Waals surface area contributed by atoms with E-state index in [1.54, 1.807) is 7.11 Å². The lowest BCUT2D eigenvalue weighted by atomic mass is 10.1. The molecular formula is C8H17NO. The molecule has 0 aromatic heterocycles. The maximum absolute atomic E-state index is 5.08. The van der Waals surface area contributed by atoms with Crippen molar-refractivity contribution in [2.75, 3.05) is 20.3 Å². The lowest BCUT2D eigenvalue weighted by molar-refractivity contribution is 0.159. The molecule has 2 nitrogen and oxygen atoms in total. The largest absolute Gasteiger partial charge is 0.384 e. The SMILES string of the molecule is CC[C@@H]1C[C@@H](COC)CN1. The van der Waals surface area contributed by atoms with Crippen molar-refractivity contribution < 1.29 is 4.74 Å². The van der Waals surface area contributed by atoms with E-state index in [9.17, 15) is 0 Å². The van der Waals surface area contributed by atoms with Crippen LogP contribution in [-0.4, -0.2) is 26.3 Å². The Kier molecular flexibility index (Phi) is 3.16. The molecule has 0 saturated carbocycles. The summed E-state index contributed by atoms with van der Waals surface area (Å²) in [7, 11) is 1.78. The van der Waals surface area contributed by atoms with Gasteiger partial charge in [0.2, 0.25) is 0 Å². The van der Waals surface area contributed by atoms with Gasteiger partial charge in [-0.3, -0.25) is 0 Å². The molecule has 1 rings (SSSR count). The second kappa shape index (κ2) is 3.94. The third kappa shape index (κ3) is 1.96. The number of methoxy groups -OCH3 is 1. The summed E-state index contributed by atoms with van der Waals surface area (Å²) in [6, 6.07) is 0.750. The summed E-state index contributed by atoms with van der Waals surface area (Å²) >= 11 is 0. The standard InChI is InChI=1S/C8H17NO/c1-3-8-4-7(5-9-8)6-10-2/h7-9H,3-6H2,1-2H3/t7-,8-/m1/s1. The molecule has 0 unspecified atom stereocenters. The average molecular weight is 143 g/mol. The van der Waals surface area contributed by atoms with Gasteiger partial charge in [0, 0.05) is 19.7 Å². The summed E-state index contributed by atoms with van der Waals surface area (Å²) < 4.78 is 5.08. The molecule has 0 aromatic rings. The minimum absolute atomic E-state index is 0.750. The molecule has 0 spiro atoms. The smallest absolute Gasteiger partial charge is 0.0503 e. The highest BCUT2D eigenvalue weighted by atomic mass is 16.5. The van der Waals surface area contributed by atoms with Crippen LogP contribution in [0.15, 0.2) is 0 Å². The number of hydrogen-bond donors (Lipinski definition) is 1. The first-order valence-electron chi connectivity index (χ1n) is 4.09. The van der Waals surface area contributed by atoms with E-state index in [0.717, 1.165) is 25.1 Å². The van der Waals surface area contributed by atoms with Gasteiger partial charge in [-0.1, -0.05) is 6.92 Å². The van der Waals surface area contributed by atoms with Crippen LogP contribution in [-0.2, 0) is 4.74 Å². The first-order valence-corrected chi connectivity index (χ1v) is 4.09. The van der Waals surface area contributed by atoms with Crippen LogP contribution in [0.4, 0.5) is 0 Å². The second-order valence-electron chi connectivity index (χ2n) is 3.07. The predicted octanol–water partition coefficient (Wildman–Crippen LogP) is 1.02. The van der Waals surface area contributed by atoms with Crippen LogP contribution in [0, 0.1) is 5.92 Å². The van der Waals surface area contributed by atoms with Gasteiger partial charge >= 0.3 is 0 Å². The Labute approximate surface area is 63.0 Å². The van der Waals surface area contributed by atoms with Crippen molar-refractivity contribution >= 4 is 0 Å². The summed E-state index contributed by atoms with van der Waals surface area (Å²) in [6.07, 6.45) is 2.55. The van der Waals surface area contributed by atoms with Crippen molar-refractivity contribution in [3.05, 3.63) is 0 Å².